The molecule has 0 saturated carbocycles. The van der Waals surface area contributed by atoms with Gasteiger partial charge >= 0.3 is 0 Å². The van der Waals surface area contributed by atoms with Crippen LogP contribution in [0.15, 0.2) is 18.2 Å². The molecule has 0 aliphatic rings. The van der Waals surface area contributed by atoms with E-state index in [0.29, 0.717) is 0 Å². The zero-order chi connectivity index (χ0) is 12.3. The number of aryl methyl sites for hydroxylation is 2. The fraction of sp³-hybridized carbons (Fsp3) is 0.462. The van der Waals surface area contributed by atoms with Crippen molar-refractivity contribution in [3.63, 3.8) is 0 Å². The highest BCUT2D eigenvalue weighted by atomic mass is 35.5. The van der Waals surface area contributed by atoms with Crippen LogP contribution >= 0.6 is 12.4 Å². The maximum atomic E-state index is 11.7. The minimum Gasteiger partial charge on any atom is -0.325 e. The third-order valence-corrected chi connectivity index (χ3v) is 2.57. The molecule has 0 bridgehead atoms. The number of nitrogens with one attached hydrogen (secondary N) is 1. The molecule has 0 heterocycles. The summed E-state index contributed by atoms with van der Waals surface area (Å²) in [6.07, 6.45) is 0.960. The zero-order valence-corrected chi connectivity index (χ0v) is 11.6. The summed E-state index contributed by atoms with van der Waals surface area (Å²) in [5, 5.41) is 2.82. The molecule has 0 saturated heterocycles. The van der Waals surface area contributed by atoms with Crippen LogP contribution in [0.2, 0.25) is 0 Å². The number of carbonyl (C=O) groups is 1. The predicted molar refractivity (Wildman–Crippen MR) is 74.7 cm³/mol. The second kappa shape index (κ2) is 6.03. The molecule has 0 aliphatic carbocycles. The summed E-state index contributed by atoms with van der Waals surface area (Å²) in [6.45, 7) is 7.55. The maximum absolute atomic E-state index is 11.7. The molecule has 0 unspecified atom stereocenters. The third-order valence-electron chi connectivity index (χ3n) is 2.57. The van der Waals surface area contributed by atoms with Crippen molar-refractivity contribution in [2.75, 3.05) is 5.32 Å². The van der Waals surface area contributed by atoms with Gasteiger partial charge in [0.1, 0.15) is 0 Å². The topological polar surface area (TPSA) is 55.1 Å². The van der Waals surface area contributed by atoms with Crippen molar-refractivity contribution in [3.05, 3.63) is 29.3 Å². The van der Waals surface area contributed by atoms with Crippen LogP contribution in [0.1, 0.15) is 31.9 Å². The summed E-state index contributed by atoms with van der Waals surface area (Å²) >= 11 is 0. The standard InChI is InChI=1S/C13H20N2O.ClH/c1-5-10-8-11(7-6-9(10)2)15-12(16)13(3,4)14;/h6-8H,5,14H2,1-4H3,(H,15,16);1H. The second-order valence-corrected chi connectivity index (χ2v) is 4.67. The largest absolute Gasteiger partial charge is 0.325 e. The van der Waals surface area contributed by atoms with E-state index in [4.69, 9.17) is 5.73 Å². The van der Waals surface area contributed by atoms with Crippen LogP contribution < -0.4 is 11.1 Å². The average molecular weight is 257 g/mol. The molecule has 0 radical (unpaired) electrons. The minimum absolute atomic E-state index is 0. The lowest BCUT2D eigenvalue weighted by Crippen LogP contribution is -2.45. The maximum Gasteiger partial charge on any atom is 0.243 e. The van der Waals surface area contributed by atoms with E-state index >= 15 is 0 Å². The Morgan fingerprint density at radius 3 is 2.47 bits per heavy atom. The molecule has 1 aromatic rings. The molecule has 4 heteroatoms. The van der Waals surface area contributed by atoms with Gasteiger partial charge in [0.15, 0.2) is 0 Å². The van der Waals surface area contributed by atoms with Gasteiger partial charge < -0.3 is 11.1 Å². The lowest BCUT2D eigenvalue weighted by atomic mass is 10.0. The van der Waals surface area contributed by atoms with Crippen molar-refractivity contribution in [2.24, 2.45) is 5.73 Å². The molecule has 0 aliphatic heterocycles. The average Bonchev–Trinajstić information content (AvgIpc) is 2.19. The van der Waals surface area contributed by atoms with Gasteiger partial charge in [-0.25, -0.2) is 0 Å². The monoisotopic (exact) mass is 256 g/mol. The normalized spacial score (nSPS) is 10.6. The highest BCUT2D eigenvalue weighted by Crippen LogP contribution is 2.16. The van der Waals surface area contributed by atoms with E-state index in [1.165, 1.54) is 11.1 Å². The van der Waals surface area contributed by atoms with Crippen LogP contribution in [0.25, 0.3) is 0 Å². The van der Waals surface area contributed by atoms with E-state index in [1.54, 1.807) is 13.8 Å². The summed E-state index contributed by atoms with van der Waals surface area (Å²) in [5.41, 5.74) is 8.16. The van der Waals surface area contributed by atoms with Gasteiger partial charge in [-0.1, -0.05) is 13.0 Å². The first kappa shape index (κ1) is 15.9. The third kappa shape index (κ3) is 4.36. The summed E-state index contributed by atoms with van der Waals surface area (Å²) in [6, 6.07) is 5.91. The Balaban J connectivity index is 0.00000256. The number of anilines is 1. The first-order chi connectivity index (χ1) is 7.34. The van der Waals surface area contributed by atoms with E-state index < -0.39 is 5.54 Å². The van der Waals surface area contributed by atoms with Crippen LogP contribution in [-0.4, -0.2) is 11.4 Å². The van der Waals surface area contributed by atoms with Gasteiger partial charge in [0.25, 0.3) is 0 Å². The molecule has 0 spiro atoms. The zero-order valence-electron chi connectivity index (χ0n) is 10.8. The predicted octanol–water partition coefficient (Wildman–Crippen LogP) is 2.66. The molecule has 1 aromatic carbocycles. The van der Waals surface area contributed by atoms with E-state index in [-0.39, 0.29) is 18.3 Å². The van der Waals surface area contributed by atoms with Gasteiger partial charge in [-0.05, 0) is 50.5 Å². The molecule has 96 valence electrons. The van der Waals surface area contributed by atoms with Crippen LogP contribution in [0.5, 0.6) is 0 Å². The lowest BCUT2D eigenvalue weighted by Gasteiger charge is -2.18. The number of nitrogens with two attached hydrogens (primary N) is 1. The molecule has 0 fully saturated rings. The van der Waals surface area contributed by atoms with E-state index in [1.807, 2.05) is 18.2 Å². The van der Waals surface area contributed by atoms with E-state index in [0.717, 1.165) is 12.1 Å². The number of halogens is 1. The second-order valence-electron chi connectivity index (χ2n) is 4.67. The molecule has 0 atom stereocenters. The number of benzene rings is 1. The Morgan fingerprint density at radius 1 is 1.41 bits per heavy atom. The van der Waals surface area contributed by atoms with E-state index in [9.17, 15) is 4.79 Å². The van der Waals surface area contributed by atoms with Gasteiger partial charge in [0.05, 0.1) is 5.54 Å². The summed E-state index contributed by atoms with van der Waals surface area (Å²) in [7, 11) is 0. The highest BCUT2D eigenvalue weighted by molar-refractivity contribution is 5.97. The van der Waals surface area contributed by atoms with E-state index in [2.05, 4.69) is 19.2 Å². The lowest BCUT2D eigenvalue weighted by molar-refractivity contribution is -0.120. The molecule has 1 rings (SSSR count). The highest BCUT2D eigenvalue weighted by Gasteiger charge is 2.21. The smallest absolute Gasteiger partial charge is 0.243 e. The Labute approximate surface area is 109 Å². The van der Waals surface area contributed by atoms with Crippen molar-refractivity contribution < 1.29 is 4.79 Å². The van der Waals surface area contributed by atoms with Crippen molar-refractivity contribution in [1.82, 2.24) is 0 Å². The fourth-order valence-electron chi connectivity index (χ4n) is 1.42. The first-order valence-electron chi connectivity index (χ1n) is 5.54. The number of rotatable bonds is 3. The molecule has 17 heavy (non-hydrogen) atoms. The molecular formula is C13H21ClN2O. The van der Waals surface area contributed by atoms with Crippen LogP contribution in [-0.2, 0) is 11.2 Å². The quantitative estimate of drug-likeness (QED) is 0.874. The molecule has 1 amide bonds. The minimum atomic E-state index is -0.850. The summed E-state index contributed by atoms with van der Waals surface area (Å²) < 4.78 is 0. The fourth-order valence-corrected chi connectivity index (χ4v) is 1.42. The SMILES string of the molecule is CCc1cc(NC(=O)C(C)(C)N)ccc1C.Cl. The number of carbonyl (C=O) groups excluding carboxylic acids is 1. The Hall–Kier alpha value is -1.06. The van der Waals surface area contributed by atoms with Gasteiger partial charge in [-0.2, -0.15) is 0 Å². The first-order valence-corrected chi connectivity index (χ1v) is 5.54. The number of hydrogen-bond acceptors (Lipinski definition) is 2. The number of hydrogen-bond donors (Lipinski definition) is 2. The molecular weight excluding hydrogens is 236 g/mol. The molecule has 3 N–H and O–H groups in total. The van der Waals surface area contributed by atoms with Gasteiger partial charge in [-0.15, -0.1) is 12.4 Å². The van der Waals surface area contributed by atoms with Gasteiger partial charge in [0, 0.05) is 5.69 Å². The van der Waals surface area contributed by atoms with Gasteiger partial charge in [0.2, 0.25) is 5.91 Å². The van der Waals surface area contributed by atoms with Crippen LogP contribution in [0.4, 0.5) is 5.69 Å². The van der Waals surface area contributed by atoms with Crippen molar-refractivity contribution >= 4 is 24.0 Å². The van der Waals surface area contributed by atoms with Crippen LogP contribution in [0, 0.1) is 6.92 Å². The van der Waals surface area contributed by atoms with Crippen LogP contribution in [0.3, 0.4) is 0 Å². The Kier molecular flexibility index (Phi) is 5.66. The summed E-state index contributed by atoms with van der Waals surface area (Å²) in [4.78, 5) is 11.7. The van der Waals surface area contributed by atoms with Crippen molar-refractivity contribution in [3.8, 4) is 0 Å². The van der Waals surface area contributed by atoms with Crippen molar-refractivity contribution in [1.29, 1.82) is 0 Å². The van der Waals surface area contributed by atoms with Crippen molar-refractivity contribution in [2.45, 2.75) is 39.7 Å². The Bertz CT molecular complexity index is 397. The van der Waals surface area contributed by atoms with Gasteiger partial charge in [-0.3, -0.25) is 4.79 Å². The molecule has 3 nitrogen and oxygen atoms in total. The summed E-state index contributed by atoms with van der Waals surface area (Å²) in [5.74, 6) is -0.168. The Morgan fingerprint density at radius 2 is 2.00 bits per heavy atom. The number of amides is 1. The molecule has 0 aromatic heterocycles.